The van der Waals surface area contributed by atoms with E-state index in [0.29, 0.717) is 42.1 Å². The number of nitriles is 1. The number of nitrogens with one attached hydrogen (secondary N) is 1. The van der Waals surface area contributed by atoms with Gasteiger partial charge in [0.05, 0.1) is 35.5 Å². The predicted molar refractivity (Wildman–Crippen MR) is 166 cm³/mol. The summed E-state index contributed by atoms with van der Waals surface area (Å²) >= 11 is 18.9. The molecule has 1 saturated heterocycles. The van der Waals surface area contributed by atoms with Gasteiger partial charge in [-0.3, -0.25) is 14.5 Å². The van der Waals surface area contributed by atoms with Gasteiger partial charge in [-0.05, 0) is 59.0 Å². The summed E-state index contributed by atoms with van der Waals surface area (Å²) in [5.74, 6) is -0.312. The highest BCUT2D eigenvalue weighted by atomic mass is 35.5. The smallest absolute Gasteiger partial charge is 0.414 e. The maximum absolute atomic E-state index is 14.1. The number of fused-ring (bicyclic) bond motifs is 1. The number of anilines is 1. The molecule has 45 heavy (non-hydrogen) atoms. The largest absolute Gasteiger partial charge is 0.495 e. The van der Waals surface area contributed by atoms with E-state index >= 15 is 0 Å². The molecule has 0 spiro atoms. The number of methoxy groups -OCH3 is 1. The van der Waals surface area contributed by atoms with Crippen LogP contribution < -0.4 is 20.9 Å². The van der Waals surface area contributed by atoms with Crippen molar-refractivity contribution < 1.29 is 27.8 Å². The Morgan fingerprint density at radius 1 is 1.22 bits per heavy atom. The van der Waals surface area contributed by atoms with E-state index in [-0.39, 0.29) is 39.5 Å². The first kappa shape index (κ1) is 34.3. The van der Waals surface area contributed by atoms with Gasteiger partial charge in [0, 0.05) is 42.9 Å². The number of ether oxygens (including phenoxy) is 2. The van der Waals surface area contributed by atoms with Crippen LogP contribution in [-0.2, 0) is 29.8 Å². The van der Waals surface area contributed by atoms with E-state index in [9.17, 15) is 23.2 Å². The summed E-state index contributed by atoms with van der Waals surface area (Å²) in [6.45, 7) is 2.43. The monoisotopic (exact) mass is 699 g/mol. The van der Waals surface area contributed by atoms with Crippen molar-refractivity contribution in [2.45, 2.75) is 48.2 Å². The van der Waals surface area contributed by atoms with E-state index in [4.69, 9.17) is 55.3 Å². The second-order valence-corrected chi connectivity index (χ2v) is 12.0. The number of nitrogens with zero attached hydrogens (tertiary/aromatic N) is 3. The first-order chi connectivity index (χ1) is 21.3. The van der Waals surface area contributed by atoms with Crippen molar-refractivity contribution in [1.82, 2.24) is 9.88 Å². The van der Waals surface area contributed by atoms with Gasteiger partial charge in [-0.15, -0.1) is 0 Å². The lowest BCUT2D eigenvalue weighted by atomic mass is 10.1. The maximum Gasteiger partial charge on any atom is 0.414 e. The van der Waals surface area contributed by atoms with Crippen LogP contribution in [0.15, 0.2) is 44.9 Å². The second-order valence-electron chi connectivity index (χ2n) is 9.70. The summed E-state index contributed by atoms with van der Waals surface area (Å²) < 4.78 is 38.9. The van der Waals surface area contributed by atoms with E-state index in [2.05, 4.69) is 0 Å². The highest BCUT2D eigenvalue weighted by Crippen LogP contribution is 2.43. The Hall–Kier alpha value is -3.54. The van der Waals surface area contributed by atoms with Gasteiger partial charge in [0.15, 0.2) is 0 Å². The number of nitrogens with two attached hydrogens (primary N) is 1. The third-order valence-electron chi connectivity index (χ3n) is 6.85. The Morgan fingerprint density at radius 3 is 2.49 bits per heavy atom. The molecular formula is C29H26Cl3F2N5O5S. The zero-order valence-electron chi connectivity index (χ0n) is 23.9. The standard InChI is InChI=1S/C27H23Cl3F2N4O5S.C2H3N/c1-40-18-8-15-12-35(11-14(15)7-17(18)36-5-2-6-41-26(36)39)25(38)21-19(9-20(27(30,31)32)34-24(21)37)42-23-16(28)4-3-13(10-33)22(23)29;1-2-3/h3-4,7-9H,2,5-6,10-12,33H2,1H3,(H,34,37);1H3. The number of benzene rings is 2. The lowest BCUT2D eigenvalue weighted by Gasteiger charge is -2.28. The van der Waals surface area contributed by atoms with Gasteiger partial charge in [-0.25, -0.2) is 4.79 Å². The number of hydrogen-bond acceptors (Lipinski definition) is 8. The zero-order chi connectivity index (χ0) is 33.1. The molecule has 2 aliphatic heterocycles. The third kappa shape index (κ3) is 7.31. The number of amides is 2. The first-order valence-corrected chi connectivity index (χ1v) is 15.2. The fourth-order valence-electron chi connectivity index (χ4n) is 4.77. The van der Waals surface area contributed by atoms with Crippen LogP contribution in [0.1, 0.15) is 46.1 Å². The molecule has 0 atom stereocenters. The number of halogens is 5. The van der Waals surface area contributed by atoms with E-state index in [1.807, 2.05) is 4.98 Å². The lowest BCUT2D eigenvalue weighted by molar-refractivity contribution is 0.0740. The minimum Gasteiger partial charge on any atom is -0.495 e. The summed E-state index contributed by atoms with van der Waals surface area (Å²) in [5.41, 5.74) is 5.86. The summed E-state index contributed by atoms with van der Waals surface area (Å²) in [4.78, 5) is 44.4. The normalized spacial score (nSPS) is 14.2. The van der Waals surface area contributed by atoms with Crippen LogP contribution in [0.3, 0.4) is 0 Å². The van der Waals surface area contributed by atoms with Crippen molar-refractivity contribution in [2.75, 3.05) is 25.2 Å². The molecule has 0 saturated carbocycles. The Kier molecular flexibility index (Phi) is 10.9. The molecule has 10 nitrogen and oxygen atoms in total. The fraction of sp³-hybridized carbons (Fsp3) is 0.310. The number of hydrogen-bond donors (Lipinski definition) is 2. The molecule has 3 heterocycles. The predicted octanol–water partition coefficient (Wildman–Crippen LogP) is 6.62. The Morgan fingerprint density at radius 2 is 1.89 bits per heavy atom. The van der Waals surface area contributed by atoms with Gasteiger partial charge >= 0.3 is 11.5 Å². The van der Waals surface area contributed by atoms with Gasteiger partial charge in [0.25, 0.3) is 11.5 Å². The molecule has 3 aromatic rings. The number of H-pyrrole nitrogens is 1. The molecule has 0 unspecified atom stereocenters. The van der Waals surface area contributed by atoms with Crippen molar-refractivity contribution in [3.05, 3.63) is 78.7 Å². The van der Waals surface area contributed by atoms with Crippen LogP contribution >= 0.6 is 46.6 Å². The Bertz CT molecular complexity index is 1750. The molecule has 0 aliphatic carbocycles. The second kappa shape index (κ2) is 14.3. The van der Waals surface area contributed by atoms with Crippen LogP contribution in [-0.4, -0.2) is 42.1 Å². The van der Waals surface area contributed by atoms with Crippen LogP contribution in [0, 0.1) is 11.3 Å². The lowest BCUT2D eigenvalue weighted by Crippen LogP contribution is -2.38. The minimum atomic E-state index is -3.92. The molecule has 2 aliphatic rings. The SMILES string of the molecule is CC#N.COc1cc2c(cc1N1CCCOC1=O)CN(C(=O)c1c(Sc3c(Cl)ccc(CN)c3Cl)cc(C(F)(F)Cl)[nH]c1=O)C2. The van der Waals surface area contributed by atoms with Crippen molar-refractivity contribution in [3.8, 4) is 11.8 Å². The molecule has 16 heteroatoms. The minimum absolute atomic E-state index is 0.0718. The van der Waals surface area contributed by atoms with Crippen molar-refractivity contribution >= 4 is 64.3 Å². The molecule has 3 N–H and O–H groups in total. The third-order valence-corrected chi connectivity index (χ3v) is 9.20. The number of carbonyl (C=O) groups excluding carboxylic acids is 2. The average Bonchev–Trinajstić information content (AvgIpc) is 3.41. The van der Waals surface area contributed by atoms with Crippen molar-refractivity contribution in [3.63, 3.8) is 0 Å². The maximum atomic E-state index is 14.1. The van der Waals surface area contributed by atoms with Gasteiger partial charge in [-0.2, -0.15) is 14.0 Å². The molecule has 0 radical (unpaired) electrons. The van der Waals surface area contributed by atoms with E-state index in [1.165, 1.54) is 29.9 Å². The summed E-state index contributed by atoms with van der Waals surface area (Å²) in [5, 5.41) is 3.73. The van der Waals surface area contributed by atoms with E-state index in [0.717, 1.165) is 23.4 Å². The number of rotatable bonds is 7. The van der Waals surface area contributed by atoms with E-state index < -0.39 is 34.2 Å². The molecule has 1 fully saturated rings. The molecule has 2 aromatic carbocycles. The van der Waals surface area contributed by atoms with Crippen molar-refractivity contribution in [2.24, 2.45) is 5.73 Å². The fourth-order valence-corrected chi connectivity index (χ4v) is 6.61. The molecule has 5 rings (SSSR count). The number of pyridine rings is 1. The molecular weight excluding hydrogens is 675 g/mol. The van der Waals surface area contributed by atoms with Crippen LogP contribution in [0.2, 0.25) is 10.0 Å². The van der Waals surface area contributed by atoms with Crippen LogP contribution in [0.25, 0.3) is 0 Å². The Labute approximate surface area is 275 Å². The number of aromatic amines is 1. The van der Waals surface area contributed by atoms with Gasteiger partial charge in [-0.1, -0.05) is 41.0 Å². The highest BCUT2D eigenvalue weighted by molar-refractivity contribution is 7.99. The average molecular weight is 701 g/mol. The highest BCUT2D eigenvalue weighted by Gasteiger charge is 2.35. The molecule has 0 bridgehead atoms. The van der Waals surface area contributed by atoms with Crippen LogP contribution in [0.5, 0.6) is 5.75 Å². The van der Waals surface area contributed by atoms with Crippen LogP contribution in [0.4, 0.5) is 19.3 Å². The van der Waals surface area contributed by atoms with Gasteiger partial charge < -0.3 is 25.1 Å². The quantitative estimate of drug-likeness (QED) is 0.262. The summed E-state index contributed by atoms with van der Waals surface area (Å²) in [7, 11) is 1.46. The number of aromatic nitrogens is 1. The first-order valence-electron chi connectivity index (χ1n) is 13.3. The molecule has 1 aromatic heterocycles. The number of alkyl halides is 3. The van der Waals surface area contributed by atoms with Gasteiger partial charge in [0.2, 0.25) is 0 Å². The zero-order valence-corrected chi connectivity index (χ0v) is 27.0. The summed E-state index contributed by atoms with van der Waals surface area (Å²) in [6.07, 6.45) is 0.130. The molecule has 2 amide bonds. The van der Waals surface area contributed by atoms with E-state index in [1.54, 1.807) is 24.3 Å². The topological polar surface area (TPSA) is 142 Å². The van der Waals surface area contributed by atoms with Crippen molar-refractivity contribution in [1.29, 1.82) is 5.26 Å². The molecule has 238 valence electrons. The van der Waals surface area contributed by atoms with Gasteiger partial charge in [0.1, 0.15) is 17.0 Å². The Balaban J connectivity index is 0.00000148. The summed E-state index contributed by atoms with van der Waals surface area (Å²) in [6, 6.07) is 9.28. The number of cyclic esters (lactones) is 1. The number of carbonyl (C=O) groups is 2.